The van der Waals surface area contributed by atoms with Crippen LogP contribution in [-0.2, 0) is 9.53 Å². The molecule has 5 nitrogen and oxygen atoms in total. The summed E-state index contributed by atoms with van der Waals surface area (Å²) in [6, 6.07) is 12.2. The van der Waals surface area contributed by atoms with Crippen LogP contribution in [0.2, 0.25) is 0 Å². The van der Waals surface area contributed by atoms with Gasteiger partial charge in [-0.1, -0.05) is 29.8 Å². The van der Waals surface area contributed by atoms with Crippen molar-refractivity contribution in [3.05, 3.63) is 54.4 Å². The minimum absolute atomic E-state index is 0.0649. The van der Waals surface area contributed by atoms with Crippen LogP contribution < -0.4 is 5.32 Å². The highest BCUT2D eigenvalue weighted by molar-refractivity contribution is 5.90. The Morgan fingerprint density at radius 3 is 2.69 bits per heavy atom. The molecule has 1 aromatic carbocycles. The number of amides is 1. The Morgan fingerprint density at radius 2 is 1.92 bits per heavy atom. The van der Waals surface area contributed by atoms with E-state index in [2.05, 4.69) is 41.5 Å². The second-order valence-electron chi connectivity index (χ2n) is 6.98. The van der Waals surface area contributed by atoms with Crippen molar-refractivity contribution in [2.24, 2.45) is 5.92 Å². The number of carbonyl (C=O) groups is 1. The number of hydrogen-bond donors (Lipinski definition) is 1. The van der Waals surface area contributed by atoms with E-state index in [-0.39, 0.29) is 5.91 Å². The zero-order valence-corrected chi connectivity index (χ0v) is 14.9. The van der Waals surface area contributed by atoms with Crippen molar-refractivity contribution in [1.29, 1.82) is 0 Å². The van der Waals surface area contributed by atoms with Crippen molar-refractivity contribution < 1.29 is 9.53 Å². The lowest BCUT2D eigenvalue weighted by Gasteiger charge is -2.21. The highest BCUT2D eigenvalue weighted by Crippen LogP contribution is 2.22. The lowest BCUT2D eigenvalue weighted by atomic mass is 9.96. The minimum Gasteiger partial charge on any atom is -0.381 e. The summed E-state index contributed by atoms with van der Waals surface area (Å²) in [5.74, 6) is 0.490. The summed E-state index contributed by atoms with van der Waals surface area (Å²) in [6.45, 7) is 3.60. The Hall–Kier alpha value is -2.66. The number of aromatic nitrogens is 2. The summed E-state index contributed by atoms with van der Waals surface area (Å²) >= 11 is 0. The lowest BCUT2D eigenvalue weighted by molar-refractivity contribution is -0.117. The molecule has 0 bridgehead atoms. The molecule has 0 radical (unpaired) electrons. The third kappa shape index (κ3) is 3.78. The third-order valence-electron chi connectivity index (χ3n) is 4.90. The van der Waals surface area contributed by atoms with Crippen LogP contribution in [0.15, 0.2) is 48.8 Å². The van der Waals surface area contributed by atoms with Crippen LogP contribution in [0.25, 0.3) is 16.9 Å². The molecular formula is C21H23N3O2. The van der Waals surface area contributed by atoms with Crippen molar-refractivity contribution >= 4 is 17.2 Å². The normalized spacial score (nSPS) is 15.3. The molecule has 3 aromatic rings. The fourth-order valence-corrected chi connectivity index (χ4v) is 3.35. The number of fused-ring (bicyclic) bond motifs is 1. The van der Waals surface area contributed by atoms with Gasteiger partial charge in [0.2, 0.25) is 5.91 Å². The van der Waals surface area contributed by atoms with Gasteiger partial charge in [0.05, 0.1) is 11.4 Å². The van der Waals surface area contributed by atoms with Gasteiger partial charge in [-0.2, -0.15) is 0 Å². The number of nitrogens with one attached hydrogen (secondary N) is 1. The number of anilines is 1. The average Bonchev–Trinajstić information content (AvgIpc) is 3.06. The molecule has 0 spiro atoms. The number of hydrogen-bond acceptors (Lipinski definition) is 3. The van der Waals surface area contributed by atoms with E-state index in [9.17, 15) is 4.79 Å². The first-order valence-corrected chi connectivity index (χ1v) is 9.11. The summed E-state index contributed by atoms with van der Waals surface area (Å²) in [5, 5.41) is 3.01. The standard InChI is InChI=1S/C21H23N3O2/c1-15-2-4-17(5-3-15)19-14-24-13-18(6-7-20(24)23-19)22-21(25)12-16-8-10-26-11-9-16/h2-7,13-14,16H,8-12H2,1H3,(H,22,25). The predicted molar refractivity (Wildman–Crippen MR) is 102 cm³/mol. The maximum Gasteiger partial charge on any atom is 0.224 e. The van der Waals surface area contributed by atoms with Crippen LogP contribution in [0.5, 0.6) is 0 Å². The van der Waals surface area contributed by atoms with Gasteiger partial charge in [-0.25, -0.2) is 4.98 Å². The van der Waals surface area contributed by atoms with E-state index in [1.807, 2.05) is 28.9 Å². The molecule has 3 heterocycles. The van der Waals surface area contributed by atoms with Crippen LogP contribution in [0.3, 0.4) is 0 Å². The number of ether oxygens (including phenoxy) is 1. The first-order chi connectivity index (χ1) is 12.7. The number of aryl methyl sites for hydroxylation is 1. The maximum absolute atomic E-state index is 12.3. The van der Waals surface area contributed by atoms with Gasteiger partial charge in [0.25, 0.3) is 0 Å². The molecule has 1 fully saturated rings. The van der Waals surface area contributed by atoms with Crippen molar-refractivity contribution in [3.8, 4) is 11.3 Å². The van der Waals surface area contributed by atoms with Gasteiger partial charge in [-0.05, 0) is 37.8 Å². The van der Waals surface area contributed by atoms with E-state index in [1.54, 1.807) is 0 Å². The van der Waals surface area contributed by atoms with E-state index in [4.69, 9.17) is 4.74 Å². The number of imidazole rings is 1. The van der Waals surface area contributed by atoms with Gasteiger partial charge >= 0.3 is 0 Å². The van der Waals surface area contributed by atoms with Crippen LogP contribution in [0, 0.1) is 12.8 Å². The van der Waals surface area contributed by atoms with Crippen molar-refractivity contribution in [2.45, 2.75) is 26.2 Å². The van der Waals surface area contributed by atoms with Crippen molar-refractivity contribution in [3.63, 3.8) is 0 Å². The molecule has 5 heteroatoms. The minimum atomic E-state index is 0.0649. The maximum atomic E-state index is 12.3. The Kier molecular flexibility index (Phi) is 4.71. The quantitative estimate of drug-likeness (QED) is 0.773. The molecule has 0 saturated carbocycles. The molecule has 0 unspecified atom stereocenters. The number of carbonyl (C=O) groups excluding carboxylic acids is 1. The monoisotopic (exact) mass is 349 g/mol. The first-order valence-electron chi connectivity index (χ1n) is 9.11. The Balaban J connectivity index is 1.48. The smallest absolute Gasteiger partial charge is 0.224 e. The molecule has 1 N–H and O–H groups in total. The molecular weight excluding hydrogens is 326 g/mol. The Morgan fingerprint density at radius 1 is 1.15 bits per heavy atom. The Bertz CT molecular complexity index is 909. The SMILES string of the molecule is Cc1ccc(-c2cn3cc(NC(=O)CC4CCOCC4)ccc3n2)cc1. The van der Waals surface area contributed by atoms with Crippen molar-refractivity contribution in [1.82, 2.24) is 9.38 Å². The number of nitrogens with zero attached hydrogens (tertiary/aromatic N) is 2. The number of pyridine rings is 1. The molecule has 134 valence electrons. The topological polar surface area (TPSA) is 55.6 Å². The second kappa shape index (κ2) is 7.30. The highest BCUT2D eigenvalue weighted by atomic mass is 16.5. The highest BCUT2D eigenvalue weighted by Gasteiger charge is 2.17. The first kappa shape index (κ1) is 16.8. The number of benzene rings is 1. The predicted octanol–water partition coefficient (Wildman–Crippen LogP) is 4.06. The average molecular weight is 349 g/mol. The molecule has 4 rings (SSSR count). The summed E-state index contributed by atoms with van der Waals surface area (Å²) in [7, 11) is 0. The molecule has 1 aliphatic rings. The summed E-state index contributed by atoms with van der Waals surface area (Å²) in [4.78, 5) is 17.0. The van der Waals surface area contributed by atoms with E-state index in [0.717, 1.165) is 48.6 Å². The van der Waals surface area contributed by atoms with Crippen LogP contribution in [0.4, 0.5) is 5.69 Å². The van der Waals surface area contributed by atoms with E-state index in [1.165, 1.54) is 5.56 Å². The Labute approximate surface area is 153 Å². The van der Waals surface area contributed by atoms with E-state index in [0.29, 0.717) is 12.3 Å². The van der Waals surface area contributed by atoms with Crippen LogP contribution >= 0.6 is 0 Å². The van der Waals surface area contributed by atoms with Gasteiger partial charge in [0, 0.05) is 37.6 Å². The van der Waals surface area contributed by atoms with Gasteiger partial charge in [-0.3, -0.25) is 4.79 Å². The van der Waals surface area contributed by atoms with E-state index < -0.39 is 0 Å². The van der Waals surface area contributed by atoms with Gasteiger partial charge in [0.1, 0.15) is 5.65 Å². The fraction of sp³-hybridized carbons (Fsp3) is 0.333. The van der Waals surface area contributed by atoms with Crippen LogP contribution in [0.1, 0.15) is 24.8 Å². The van der Waals surface area contributed by atoms with Gasteiger partial charge in [-0.15, -0.1) is 0 Å². The van der Waals surface area contributed by atoms with Crippen LogP contribution in [-0.4, -0.2) is 28.5 Å². The fourth-order valence-electron chi connectivity index (χ4n) is 3.35. The number of rotatable bonds is 4. The zero-order chi connectivity index (χ0) is 17.9. The summed E-state index contributed by atoms with van der Waals surface area (Å²) in [6.07, 6.45) is 6.40. The van der Waals surface area contributed by atoms with E-state index >= 15 is 0 Å². The van der Waals surface area contributed by atoms with Crippen molar-refractivity contribution in [2.75, 3.05) is 18.5 Å². The van der Waals surface area contributed by atoms with Gasteiger partial charge < -0.3 is 14.5 Å². The zero-order valence-electron chi connectivity index (χ0n) is 14.9. The molecule has 2 aromatic heterocycles. The largest absolute Gasteiger partial charge is 0.381 e. The lowest BCUT2D eigenvalue weighted by Crippen LogP contribution is -2.22. The second-order valence-corrected chi connectivity index (χ2v) is 6.98. The molecule has 26 heavy (non-hydrogen) atoms. The third-order valence-corrected chi connectivity index (χ3v) is 4.90. The summed E-state index contributed by atoms with van der Waals surface area (Å²) in [5.41, 5.74) is 4.90. The molecule has 0 atom stereocenters. The molecule has 0 aliphatic carbocycles. The molecule has 1 saturated heterocycles. The summed E-state index contributed by atoms with van der Waals surface area (Å²) < 4.78 is 7.31. The molecule has 1 aliphatic heterocycles. The molecule has 1 amide bonds. The van der Waals surface area contributed by atoms with Gasteiger partial charge in [0.15, 0.2) is 0 Å².